The third kappa shape index (κ3) is 5.36. The monoisotopic (exact) mass is 508 g/mol. The third-order valence-electron chi connectivity index (χ3n) is 5.89. The standard InChI is InChI=1S/C25H28N6O2S2/c1-33-9-8-27-7-5-22(32)31-25-23(18-4-6-28-14-21(18)35-25)24-30-19-3-2-15(11-20(19)34-24)16-10-17(26)13-29-12-16/h2-3,10-13,27-28H,4-9,14,26H2,1H3,(H,31,32). The van der Waals surface area contributed by atoms with Crippen LogP contribution in [0.2, 0.25) is 0 Å². The van der Waals surface area contributed by atoms with Crippen LogP contribution in [0.25, 0.3) is 31.9 Å². The fourth-order valence-corrected chi connectivity index (χ4v) is 6.55. The Bertz CT molecular complexity index is 1350. The first kappa shape index (κ1) is 23.8. The number of amides is 1. The topological polar surface area (TPSA) is 114 Å². The number of nitrogens with zero attached hydrogens (tertiary/aromatic N) is 2. The summed E-state index contributed by atoms with van der Waals surface area (Å²) in [5, 5.41) is 11.7. The Labute approximate surface area is 211 Å². The number of pyridine rings is 1. The van der Waals surface area contributed by atoms with Crippen LogP contribution < -0.4 is 21.7 Å². The molecule has 1 aliphatic heterocycles. The molecular weight excluding hydrogens is 480 g/mol. The average Bonchev–Trinajstić information content (AvgIpc) is 3.43. The van der Waals surface area contributed by atoms with Crippen molar-refractivity contribution in [3.05, 3.63) is 47.1 Å². The van der Waals surface area contributed by atoms with Crippen molar-refractivity contribution in [3.63, 3.8) is 0 Å². The van der Waals surface area contributed by atoms with Crippen LogP contribution in [0.3, 0.4) is 0 Å². The number of carbonyl (C=O) groups excluding carboxylic acids is 1. The van der Waals surface area contributed by atoms with E-state index in [1.165, 1.54) is 10.4 Å². The van der Waals surface area contributed by atoms with E-state index in [0.717, 1.165) is 63.0 Å². The SMILES string of the molecule is COCCNCCC(=O)Nc1sc2c(c1-c1nc3ccc(-c4cncc(N)c4)cc3s1)CCNC2. The second kappa shape index (κ2) is 10.8. The zero-order valence-corrected chi connectivity index (χ0v) is 21.2. The number of hydrogen-bond donors (Lipinski definition) is 4. The quantitative estimate of drug-likeness (QED) is 0.254. The van der Waals surface area contributed by atoms with Gasteiger partial charge in [0, 0.05) is 61.6 Å². The van der Waals surface area contributed by atoms with Gasteiger partial charge in [-0.1, -0.05) is 6.07 Å². The largest absolute Gasteiger partial charge is 0.397 e. The summed E-state index contributed by atoms with van der Waals surface area (Å²) in [6.07, 6.45) is 4.79. The lowest BCUT2D eigenvalue weighted by atomic mass is 10.0. The highest BCUT2D eigenvalue weighted by molar-refractivity contribution is 7.23. The molecule has 0 fully saturated rings. The van der Waals surface area contributed by atoms with Crippen molar-refractivity contribution < 1.29 is 9.53 Å². The number of thiazole rings is 1. The van der Waals surface area contributed by atoms with E-state index in [-0.39, 0.29) is 5.91 Å². The third-order valence-corrected chi connectivity index (χ3v) is 8.07. The highest BCUT2D eigenvalue weighted by atomic mass is 32.1. The van der Waals surface area contributed by atoms with Crippen molar-refractivity contribution >= 4 is 49.5 Å². The van der Waals surface area contributed by atoms with Gasteiger partial charge in [0.05, 0.1) is 22.5 Å². The molecule has 0 saturated heterocycles. The van der Waals surface area contributed by atoms with E-state index in [9.17, 15) is 4.79 Å². The highest BCUT2D eigenvalue weighted by Crippen LogP contribution is 2.45. The van der Waals surface area contributed by atoms with Gasteiger partial charge >= 0.3 is 0 Å². The molecule has 182 valence electrons. The Hall–Kier alpha value is -2.89. The summed E-state index contributed by atoms with van der Waals surface area (Å²) in [7, 11) is 1.67. The molecule has 0 aliphatic carbocycles. The highest BCUT2D eigenvalue weighted by Gasteiger charge is 2.25. The van der Waals surface area contributed by atoms with Gasteiger partial charge in [0.2, 0.25) is 5.91 Å². The molecule has 4 aromatic rings. The normalized spacial score (nSPS) is 13.2. The molecule has 0 unspecified atom stereocenters. The van der Waals surface area contributed by atoms with Crippen molar-refractivity contribution in [2.75, 3.05) is 44.4 Å². The molecule has 1 aromatic carbocycles. The van der Waals surface area contributed by atoms with Gasteiger partial charge in [-0.3, -0.25) is 9.78 Å². The average molecular weight is 509 g/mol. The van der Waals surface area contributed by atoms with Gasteiger partial charge in [-0.25, -0.2) is 4.98 Å². The Morgan fingerprint density at radius 1 is 1.20 bits per heavy atom. The van der Waals surface area contributed by atoms with Crippen molar-refractivity contribution in [2.24, 2.45) is 0 Å². The number of benzene rings is 1. The number of thiophene rings is 1. The summed E-state index contributed by atoms with van der Waals surface area (Å²) in [6, 6.07) is 8.15. The van der Waals surface area contributed by atoms with E-state index in [1.807, 2.05) is 18.3 Å². The number of hydrogen-bond acceptors (Lipinski definition) is 9. The number of aromatic nitrogens is 2. The Morgan fingerprint density at radius 3 is 2.97 bits per heavy atom. The number of fused-ring (bicyclic) bond motifs is 2. The molecule has 1 amide bonds. The Balaban J connectivity index is 1.43. The molecule has 0 saturated carbocycles. The number of nitrogen functional groups attached to an aromatic ring is 1. The van der Waals surface area contributed by atoms with E-state index >= 15 is 0 Å². The second-order valence-corrected chi connectivity index (χ2v) is 10.5. The number of nitrogens with two attached hydrogens (primary N) is 1. The van der Waals surface area contributed by atoms with E-state index in [0.29, 0.717) is 25.3 Å². The summed E-state index contributed by atoms with van der Waals surface area (Å²) in [4.78, 5) is 23.2. The number of rotatable bonds is 9. The van der Waals surface area contributed by atoms with Crippen LogP contribution in [0.1, 0.15) is 16.9 Å². The first-order chi connectivity index (χ1) is 17.1. The zero-order valence-electron chi connectivity index (χ0n) is 19.5. The van der Waals surface area contributed by atoms with E-state index in [2.05, 4.69) is 33.1 Å². The number of anilines is 2. The van der Waals surface area contributed by atoms with Gasteiger partial charge < -0.3 is 26.4 Å². The van der Waals surface area contributed by atoms with Crippen molar-refractivity contribution in [1.82, 2.24) is 20.6 Å². The Morgan fingerprint density at radius 2 is 2.11 bits per heavy atom. The minimum atomic E-state index is 0.000265. The van der Waals surface area contributed by atoms with Gasteiger partial charge in [0.25, 0.3) is 0 Å². The van der Waals surface area contributed by atoms with Gasteiger partial charge in [0.15, 0.2) is 0 Å². The number of ether oxygens (including phenoxy) is 1. The molecule has 0 bridgehead atoms. The van der Waals surface area contributed by atoms with Crippen molar-refractivity contribution in [2.45, 2.75) is 19.4 Å². The van der Waals surface area contributed by atoms with Crippen molar-refractivity contribution in [1.29, 1.82) is 0 Å². The maximum absolute atomic E-state index is 12.7. The summed E-state index contributed by atoms with van der Waals surface area (Å²) >= 11 is 3.31. The number of nitrogens with one attached hydrogen (secondary N) is 3. The van der Waals surface area contributed by atoms with E-state index in [1.54, 1.807) is 36.0 Å². The van der Waals surface area contributed by atoms with E-state index in [4.69, 9.17) is 15.5 Å². The van der Waals surface area contributed by atoms with E-state index < -0.39 is 0 Å². The molecule has 1 aliphatic rings. The first-order valence-corrected chi connectivity index (χ1v) is 13.2. The van der Waals surface area contributed by atoms with Crippen LogP contribution in [-0.4, -0.2) is 49.2 Å². The minimum absolute atomic E-state index is 0.000265. The molecule has 5 rings (SSSR count). The molecule has 0 atom stereocenters. The molecule has 0 spiro atoms. The smallest absolute Gasteiger partial charge is 0.226 e. The summed E-state index contributed by atoms with van der Waals surface area (Å²) in [5.74, 6) is 0.000265. The minimum Gasteiger partial charge on any atom is -0.397 e. The van der Waals surface area contributed by atoms with Gasteiger partial charge in [-0.05, 0) is 42.3 Å². The molecule has 8 nitrogen and oxygen atoms in total. The Kier molecular flexibility index (Phi) is 7.35. The van der Waals surface area contributed by atoms with Crippen LogP contribution in [0.5, 0.6) is 0 Å². The van der Waals surface area contributed by atoms with Crippen LogP contribution in [0.15, 0.2) is 36.7 Å². The molecule has 3 aromatic heterocycles. The van der Waals surface area contributed by atoms with Gasteiger partial charge in [-0.2, -0.15) is 0 Å². The van der Waals surface area contributed by atoms with Crippen LogP contribution in [0, 0.1) is 0 Å². The predicted molar refractivity (Wildman–Crippen MR) is 144 cm³/mol. The van der Waals surface area contributed by atoms with Crippen LogP contribution >= 0.6 is 22.7 Å². The first-order valence-electron chi connectivity index (χ1n) is 11.6. The fraction of sp³-hybridized carbons (Fsp3) is 0.320. The maximum atomic E-state index is 12.7. The lowest BCUT2D eigenvalue weighted by Gasteiger charge is -2.13. The molecule has 10 heteroatoms. The molecule has 4 heterocycles. The van der Waals surface area contributed by atoms with Crippen LogP contribution in [0.4, 0.5) is 10.7 Å². The summed E-state index contributed by atoms with van der Waals surface area (Å²) in [6.45, 7) is 3.71. The summed E-state index contributed by atoms with van der Waals surface area (Å²) < 4.78 is 6.13. The zero-order chi connectivity index (χ0) is 24.2. The number of carbonyl (C=O) groups is 1. The molecular formula is C25H28N6O2S2. The van der Waals surface area contributed by atoms with Gasteiger partial charge in [-0.15, -0.1) is 22.7 Å². The van der Waals surface area contributed by atoms with Gasteiger partial charge in [0.1, 0.15) is 10.0 Å². The molecule has 35 heavy (non-hydrogen) atoms. The lowest BCUT2D eigenvalue weighted by molar-refractivity contribution is -0.116. The summed E-state index contributed by atoms with van der Waals surface area (Å²) in [5.41, 5.74) is 11.9. The number of methoxy groups -OCH3 is 1. The fourth-order valence-electron chi connectivity index (χ4n) is 4.17. The van der Waals surface area contributed by atoms with Crippen molar-refractivity contribution in [3.8, 4) is 21.7 Å². The molecule has 0 radical (unpaired) electrons. The maximum Gasteiger partial charge on any atom is 0.226 e. The lowest BCUT2D eigenvalue weighted by Crippen LogP contribution is -2.24. The predicted octanol–water partition coefficient (Wildman–Crippen LogP) is 3.88. The second-order valence-electron chi connectivity index (χ2n) is 8.38. The molecule has 5 N–H and O–H groups in total. The van der Waals surface area contributed by atoms with Crippen LogP contribution in [-0.2, 0) is 22.5 Å².